The number of benzene rings is 2. The lowest BCUT2D eigenvalue weighted by molar-refractivity contribution is -0.140. The van der Waals surface area contributed by atoms with Gasteiger partial charge in [-0.15, -0.1) is 0 Å². The second-order valence-electron chi connectivity index (χ2n) is 9.30. The second kappa shape index (κ2) is 11.5. The maximum atomic E-state index is 13.2. The quantitative estimate of drug-likeness (QED) is 0.227. The molecule has 0 aliphatic carbocycles. The normalized spacial score (nSPS) is 18.7. The smallest absolute Gasteiger partial charge is 0.295 e. The molecule has 0 radical (unpaired) electrons. The third-order valence-electron chi connectivity index (χ3n) is 6.24. The summed E-state index contributed by atoms with van der Waals surface area (Å²) in [4.78, 5) is 27.8. The van der Waals surface area contributed by atoms with Gasteiger partial charge in [-0.05, 0) is 54.7 Å². The molecule has 2 aromatic carbocycles. The van der Waals surface area contributed by atoms with Crippen molar-refractivity contribution in [1.82, 2.24) is 4.90 Å². The average Bonchev–Trinajstić information content (AvgIpc) is 3.13. The zero-order chi connectivity index (χ0) is 25.7. The number of methoxy groups -OCH3 is 1. The van der Waals surface area contributed by atoms with Crippen LogP contribution in [0.1, 0.15) is 43.9 Å². The predicted molar refractivity (Wildman–Crippen MR) is 134 cm³/mol. The monoisotopic (exact) mass is 495 g/mol. The number of ketones is 1. The number of ether oxygens (including phenoxy) is 4. The van der Waals surface area contributed by atoms with Crippen molar-refractivity contribution in [1.29, 1.82) is 0 Å². The Balaban J connectivity index is 1.74. The molecule has 8 heteroatoms. The van der Waals surface area contributed by atoms with E-state index in [1.807, 2.05) is 24.3 Å². The number of carbonyl (C=O) groups excluding carboxylic acids is 2. The second-order valence-corrected chi connectivity index (χ2v) is 9.30. The minimum atomic E-state index is -0.760. The van der Waals surface area contributed by atoms with Crippen LogP contribution in [0.3, 0.4) is 0 Å². The lowest BCUT2D eigenvalue weighted by atomic mass is 9.95. The van der Waals surface area contributed by atoms with Crippen molar-refractivity contribution in [2.45, 2.75) is 32.7 Å². The molecule has 1 saturated heterocycles. The van der Waals surface area contributed by atoms with E-state index in [0.29, 0.717) is 73.7 Å². The number of nitrogens with zero attached hydrogens (tertiary/aromatic N) is 1. The van der Waals surface area contributed by atoms with Crippen LogP contribution in [-0.2, 0) is 14.3 Å². The molecular formula is C28H33NO7. The number of amides is 1. The molecule has 2 heterocycles. The molecular weight excluding hydrogens is 462 g/mol. The number of likely N-dealkylation sites (tertiary alicyclic amines) is 1. The summed E-state index contributed by atoms with van der Waals surface area (Å²) in [5.74, 6) is 0.576. The number of Topliss-reactive ketones (excluding diaryl/α,β-unsaturated/α-hetero) is 1. The highest BCUT2D eigenvalue weighted by molar-refractivity contribution is 6.46. The maximum absolute atomic E-state index is 13.2. The molecule has 0 aromatic heterocycles. The van der Waals surface area contributed by atoms with E-state index < -0.39 is 17.7 Å². The summed E-state index contributed by atoms with van der Waals surface area (Å²) in [5.41, 5.74) is 1.10. The minimum absolute atomic E-state index is 0.0356. The molecule has 1 amide bonds. The number of hydrogen-bond donors (Lipinski definition) is 1. The van der Waals surface area contributed by atoms with Gasteiger partial charge in [-0.1, -0.05) is 26.0 Å². The van der Waals surface area contributed by atoms with Gasteiger partial charge < -0.3 is 29.0 Å². The Labute approximate surface area is 211 Å². The van der Waals surface area contributed by atoms with E-state index >= 15 is 0 Å². The van der Waals surface area contributed by atoms with Gasteiger partial charge in [0.1, 0.15) is 24.7 Å². The Bertz CT molecular complexity index is 1140. The van der Waals surface area contributed by atoms with Gasteiger partial charge in [0.15, 0.2) is 11.5 Å². The number of fused-ring (bicyclic) bond motifs is 1. The van der Waals surface area contributed by atoms with E-state index in [9.17, 15) is 14.7 Å². The minimum Gasteiger partial charge on any atom is -0.507 e. The van der Waals surface area contributed by atoms with Crippen molar-refractivity contribution >= 4 is 17.4 Å². The Kier molecular flexibility index (Phi) is 8.15. The van der Waals surface area contributed by atoms with E-state index in [-0.39, 0.29) is 11.3 Å². The molecule has 8 nitrogen and oxygen atoms in total. The molecule has 4 rings (SSSR count). The van der Waals surface area contributed by atoms with Crippen molar-refractivity contribution in [2.75, 3.05) is 40.1 Å². The zero-order valence-electron chi connectivity index (χ0n) is 21.0. The van der Waals surface area contributed by atoms with Crippen LogP contribution in [0.4, 0.5) is 0 Å². The van der Waals surface area contributed by atoms with Gasteiger partial charge in [-0.25, -0.2) is 0 Å². The van der Waals surface area contributed by atoms with Crippen LogP contribution in [0.5, 0.6) is 17.2 Å². The van der Waals surface area contributed by atoms with Crippen LogP contribution < -0.4 is 14.2 Å². The molecule has 2 aromatic rings. The van der Waals surface area contributed by atoms with Gasteiger partial charge in [0, 0.05) is 25.8 Å². The first kappa shape index (κ1) is 25.6. The largest absolute Gasteiger partial charge is 0.507 e. The molecule has 36 heavy (non-hydrogen) atoms. The van der Waals surface area contributed by atoms with E-state index in [4.69, 9.17) is 18.9 Å². The lowest BCUT2D eigenvalue weighted by Gasteiger charge is -2.26. The number of carbonyl (C=O) groups is 2. The van der Waals surface area contributed by atoms with Gasteiger partial charge >= 0.3 is 0 Å². The van der Waals surface area contributed by atoms with Gasteiger partial charge in [-0.3, -0.25) is 9.59 Å². The zero-order valence-corrected chi connectivity index (χ0v) is 21.0. The Morgan fingerprint density at radius 3 is 2.61 bits per heavy atom. The number of hydrogen-bond acceptors (Lipinski definition) is 7. The fourth-order valence-corrected chi connectivity index (χ4v) is 4.37. The molecule has 1 unspecified atom stereocenters. The van der Waals surface area contributed by atoms with Crippen LogP contribution in [0, 0.1) is 5.92 Å². The van der Waals surface area contributed by atoms with Crippen LogP contribution >= 0.6 is 0 Å². The van der Waals surface area contributed by atoms with E-state index in [0.717, 1.165) is 6.42 Å². The summed E-state index contributed by atoms with van der Waals surface area (Å²) in [5, 5.41) is 11.3. The van der Waals surface area contributed by atoms with E-state index in [1.54, 1.807) is 25.3 Å². The highest BCUT2D eigenvalue weighted by Gasteiger charge is 2.46. The molecule has 2 aliphatic rings. The summed E-state index contributed by atoms with van der Waals surface area (Å²) >= 11 is 0. The third kappa shape index (κ3) is 5.49. The standard InChI is InChI=1S/C28H33NO7/c1-18(2)10-13-34-21-7-4-6-19(16-21)25-24(27(31)28(32)29(25)11-5-12-33-3)26(30)20-8-9-22-23(17-20)36-15-14-35-22/h4,6-9,16-18,25,30H,5,10-15H2,1-3H3/b26-24-. The molecule has 192 valence electrons. The van der Waals surface area contributed by atoms with Crippen molar-refractivity contribution in [3.63, 3.8) is 0 Å². The van der Waals surface area contributed by atoms with Gasteiger partial charge in [0.05, 0.1) is 18.2 Å². The highest BCUT2D eigenvalue weighted by Crippen LogP contribution is 2.41. The summed E-state index contributed by atoms with van der Waals surface area (Å²) in [7, 11) is 1.59. The molecule has 1 N–H and O–H groups in total. The fraction of sp³-hybridized carbons (Fsp3) is 0.429. The molecule has 0 bridgehead atoms. The lowest BCUT2D eigenvalue weighted by Crippen LogP contribution is -2.31. The van der Waals surface area contributed by atoms with Crippen molar-refractivity contribution in [3.8, 4) is 17.2 Å². The first-order valence-electron chi connectivity index (χ1n) is 12.3. The topological polar surface area (TPSA) is 94.5 Å². The fourth-order valence-electron chi connectivity index (χ4n) is 4.37. The summed E-state index contributed by atoms with van der Waals surface area (Å²) in [6, 6.07) is 11.6. The van der Waals surface area contributed by atoms with Crippen LogP contribution in [-0.4, -0.2) is 61.8 Å². The number of aliphatic hydroxyl groups is 1. The predicted octanol–water partition coefficient (Wildman–Crippen LogP) is 4.34. The molecule has 0 spiro atoms. The van der Waals surface area contributed by atoms with Crippen molar-refractivity contribution in [3.05, 3.63) is 59.2 Å². The molecule has 1 atom stereocenters. The SMILES string of the molecule is COCCCN1C(=O)C(=O)/C(=C(\O)c2ccc3c(c2)OCCO3)C1c1cccc(OCCC(C)C)c1. The van der Waals surface area contributed by atoms with Gasteiger partial charge in [0.25, 0.3) is 11.7 Å². The first-order valence-corrected chi connectivity index (χ1v) is 12.3. The van der Waals surface area contributed by atoms with Crippen LogP contribution in [0.25, 0.3) is 5.76 Å². The Hall–Kier alpha value is -3.52. The van der Waals surface area contributed by atoms with Gasteiger partial charge in [0.2, 0.25) is 0 Å². The van der Waals surface area contributed by atoms with Crippen LogP contribution in [0.2, 0.25) is 0 Å². The summed E-state index contributed by atoms with van der Waals surface area (Å²) < 4.78 is 22.3. The molecule has 1 fully saturated rings. The Morgan fingerprint density at radius 1 is 1.08 bits per heavy atom. The van der Waals surface area contributed by atoms with Crippen molar-refractivity contribution < 1.29 is 33.6 Å². The van der Waals surface area contributed by atoms with Crippen LogP contribution in [0.15, 0.2) is 48.0 Å². The first-order chi connectivity index (χ1) is 17.4. The Morgan fingerprint density at radius 2 is 1.86 bits per heavy atom. The van der Waals surface area contributed by atoms with E-state index in [2.05, 4.69) is 13.8 Å². The molecule has 2 aliphatic heterocycles. The maximum Gasteiger partial charge on any atom is 0.295 e. The van der Waals surface area contributed by atoms with Crippen molar-refractivity contribution in [2.24, 2.45) is 5.92 Å². The van der Waals surface area contributed by atoms with E-state index in [1.165, 1.54) is 4.90 Å². The summed E-state index contributed by atoms with van der Waals surface area (Å²) in [6.07, 6.45) is 1.46. The average molecular weight is 496 g/mol. The highest BCUT2D eigenvalue weighted by atomic mass is 16.6. The third-order valence-corrected chi connectivity index (χ3v) is 6.24. The summed E-state index contributed by atoms with van der Waals surface area (Å²) in [6.45, 7) is 6.41. The number of aliphatic hydroxyl groups excluding tert-OH is 1. The van der Waals surface area contributed by atoms with Gasteiger partial charge in [-0.2, -0.15) is 0 Å². The molecule has 0 saturated carbocycles. The number of rotatable bonds is 10.